The second-order valence-electron chi connectivity index (χ2n) is 3.33. The van der Waals surface area contributed by atoms with Crippen LogP contribution in [0.3, 0.4) is 0 Å². The standard InChI is InChI=1S/C11H13N3S/c1-2-9(12)11-14-10(7-15-11)8-4-3-5-13-6-8/h3-7,9H,2,12H2,1H3. The number of nitrogens with two attached hydrogens (primary N) is 1. The molecule has 15 heavy (non-hydrogen) atoms. The Kier molecular flexibility index (Phi) is 3.08. The summed E-state index contributed by atoms with van der Waals surface area (Å²) >= 11 is 1.61. The topological polar surface area (TPSA) is 51.8 Å². The highest BCUT2D eigenvalue weighted by Gasteiger charge is 2.09. The van der Waals surface area contributed by atoms with Crippen molar-refractivity contribution in [3.8, 4) is 11.3 Å². The summed E-state index contributed by atoms with van der Waals surface area (Å²) in [5.74, 6) is 0. The lowest BCUT2D eigenvalue weighted by Crippen LogP contribution is -2.07. The largest absolute Gasteiger partial charge is 0.322 e. The van der Waals surface area contributed by atoms with Crippen LogP contribution >= 0.6 is 11.3 Å². The lowest BCUT2D eigenvalue weighted by molar-refractivity contribution is 0.693. The van der Waals surface area contributed by atoms with E-state index >= 15 is 0 Å². The Bertz CT molecular complexity index is 424. The van der Waals surface area contributed by atoms with E-state index in [0.717, 1.165) is 22.7 Å². The number of rotatable bonds is 3. The predicted molar refractivity (Wildman–Crippen MR) is 62.6 cm³/mol. The number of pyridine rings is 1. The smallest absolute Gasteiger partial charge is 0.110 e. The van der Waals surface area contributed by atoms with Crippen molar-refractivity contribution < 1.29 is 0 Å². The summed E-state index contributed by atoms with van der Waals surface area (Å²) in [7, 11) is 0. The van der Waals surface area contributed by atoms with E-state index in [1.54, 1.807) is 17.5 Å². The molecule has 0 saturated carbocycles. The van der Waals surface area contributed by atoms with E-state index in [4.69, 9.17) is 5.73 Å². The molecule has 0 radical (unpaired) electrons. The van der Waals surface area contributed by atoms with Gasteiger partial charge in [-0.25, -0.2) is 4.98 Å². The summed E-state index contributed by atoms with van der Waals surface area (Å²) in [6.07, 6.45) is 4.49. The van der Waals surface area contributed by atoms with E-state index in [-0.39, 0.29) is 6.04 Å². The molecule has 2 N–H and O–H groups in total. The Morgan fingerprint density at radius 2 is 2.40 bits per heavy atom. The summed E-state index contributed by atoms with van der Waals surface area (Å²) in [6.45, 7) is 2.07. The van der Waals surface area contributed by atoms with Gasteiger partial charge in [-0.3, -0.25) is 4.98 Å². The third kappa shape index (κ3) is 2.22. The van der Waals surface area contributed by atoms with E-state index in [1.807, 2.05) is 23.7 Å². The van der Waals surface area contributed by atoms with Gasteiger partial charge in [0.2, 0.25) is 0 Å². The van der Waals surface area contributed by atoms with Gasteiger partial charge in [0.05, 0.1) is 11.7 Å². The minimum atomic E-state index is 0.0559. The van der Waals surface area contributed by atoms with Gasteiger partial charge in [-0.05, 0) is 18.6 Å². The zero-order valence-corrected chi connectivity index (χ0v) is 9.37. The number of nitrogens with zero attached hydrogens (tertiary/aromatic N) is 2. The molecule has 0 saturated heterocycles. The Hall–Kier alpha value is -1.26. The van der Waals surface area contributed by atoms with Gasteiger partial charge in [-0.15, -0.1) is 11.3 Å². The van der Waals surface area contributed by atoms with E-state index in [2.05, 4.69) is 16.9 Å². The maximum atomic E-state index is 5.92. The van der Waals surface area contributed by atoms with E-state index in [1.165, 1.54) is 0 Å². The molecule has 0 amide bonds. The second-order valence-corrected chi connectivity index (χ2v) is 4.22. The number of hydrogen-bond acceptors (Lipinski definition) is 4. The Labute approximate surface area is 93.0 Å². The van der Waals surface area contributed by atoms with Crippen LogP contribution in [0.1, 0.15) is 24.4 Å². The average Bonchev–Trinajstić information content (AvgIpc) is 2.78. The van der Waals surface area contributed by atoms with Crippen molar-refractivity contribution in [1.29, 1.82) is 0 Å². The molecular weight excluding hydrogens is 206 g/mol. The van der Waals surface area contributed by atoms with Gasteiger partial charge in [-0.2, -0.15) is 0 Å². The molecule has 2 heterocycles. The maximum Gasteiger partial charge on any atom is 0.110 e. The highest BCUT2D eigenvalue weighted by atomic mass is 32.1. The first-order chi connectivity index (χ1) is 7.31. The van der Waals surface area contributed by atoms with Gasteiger partial charge in [0.15, 0.2) is 0 Å². The fraction of sp³-hybridized carbons (Fsp3) is 0.273. The predicted octanol–water partition coefficient (Wildman–Crippen LogP) is 2.61. The normalized spacial score (nSPS) is 12.7. The molecule has 0 aliphatic rings. The van der Waals surface area contributed by atoms with Crippen LogP contribution in [0.4, 0.5) is 0 Å². The Morgan fingerprint density at radius 1 is 1.53 bits per heavy atom. The summed E-state index contributed by atoms with van der Waals surface area (Å²) in [5.41, 5.74) is 7.93. The Balaban J connectivity index is 2.28. The highest BCUT2D eigenvalue weighted by molar-refractivity contribution is 7.10. The lowest BCUT2D eigenvalue weighted by atomic mass is 10.2. The molecule has 4 heteroatoms. The van der Waals surface area contributed by atoms with Gasteiger partial charge in [-0.1, -0.05) is 6.92 Å². The van der Waals surface area contributed by atoms with Crippen molar-refractivity contribution >= 4 is 11.3 Å². The first kappa shape index (κ1) is 10.3. The van der Waals surface area contributed by atoms with Crippen molar-refractivity contribution in [1.82, 2.24) is 9.97 Å². The van der Waals surface area contributed by atoms with Gasteiger partial charge in [0, 0.05) is 23.3 Å². The zero-order valence-electron chi connectivity index (χ0n) is 8.55. The molecule has 0 bridgehead atoms. The van der Waals surface area contributed by atoms with Crippen LogP contribution in [0.15, 0.2) is 29.9 Å². The van der Waals surface area contributed by atoms with Crippen molar-refractivity contribution in [2.24, 2.45) is 5.73 Å². The van der Waals surface area contributed by atoms with Crippen LogP contribution in [0, 0.1) is 0 Å². The van der Waals surface area contributed by atoms with Gasteiger partial charge >= 0.3 is 0 Å². The summed E-state index contributed by atoms with van der Waals surface area (Å²) in [4.78, 5) is 8.57. The van der Waals surface area contributed by atoms with Gasteiger partial charge < -0.3 is 5.73 Å². The first-order valence-electron chi connectivity index (χ1n) is 4.92. The lowest BCUT2D eigenvalue weighted by Gasteiger charge is -2.02. The minimum absolute atomic E-state index is 0.0559. The van der Waals surface area contributed by atoms with Crippen LogP contribution in [0.2, 0.25) is 0 Å². The molecule has 1 atom stereocenters. The third-order valence-electron chi connectivity index (χ3n) is 2.24. The molecular formula is C11H13N3S. The first-order valence-corrected chi connectivity index (χ1v) is 5.80. The molecule has 78 valence electrons. The molecule has 0 aliphatic heterocycles. The van der Waals surface area contributed by atoms with E-state index < -0.39 is 0 Å². The quantitative estimate of drug-likeness (QED) is 0.863. The third-order valence-corrected chi connectivity index (χ3v) is 3.21. The van der Waals surface area contributed by atoms with Crippen LogP contribution in [0.5, 0.6) is 0 Å². The summed E-state index contributed by atoms with van der Waals surface area (Å²) in [6, 6.07) is 3.97. The molecule has 0 aromatic carbocycles. The zero-order chi connectivity index (χ0) is 10.7. The fourth-order valence-corrected chi connectivity index (χ4v) is 2.19. The number of aromatic nitrogens is 2. The molecule has 1 unspecified atom stereocenters. The van der Waals surface area contributed by atoms with E-state index in [0.29, 0.717) is 0 Å². The van der Waals surface area contributed by atoms with Crippen LogP contribution in [-0.4, -0.2) is 9.97 Å². The molecule has 0 spiro atoms. The molecule has 2 aromatic heterocycles. The van der Waals surface area contributed by atoms with Crippen LogP contribution in [-0.2, 0) is 0 Å². The monoisotopic (exact) mass is 219 g/mol. The average molecular weight is 219 g/mol. The molecule has 3 nitrogen and oxygen atoms in total. The minimum Gasteiger partial charge on any atom is -0.322 e. The molecule has 0 aliphatic carbocycles. The number of hydrogen-bond donors (Lipinski definition) is 1. The fourth-order valence-electron chi connectivity index (χ4n) is 1.28. The van der Waals surface area contributed by atoms with Crippen LogP contribution in [0.25, 0.3) is 11.3 Å². The molecule has 0 fully saturated rings. The van der Waals surface area contributed by atoms with Crippen molar-refractivity contribution in [2.45, 2.75) is 19.4 Å². The summed E-state index contributed by atoms with van der Waals surface area (Å²) < 4.78 is 0. The highest BCUT2D eigenvalue weighted by Crippen LogP contribution is 2.24. The molecule has 2 aromatic rings. The van der Waals surface area contributed by atoms with Crippen LogP contribution < -0.4 is 5.73 Å². The molecule has 2 rings (SSSR count). The SMILES string of the molecule is CCC(N)c1nc(-c2cccnc2)cs1. The van der Waals surface area contributed by atoms with Gasteiger partial charge in [0.25, 0.3) is 0 Å². The maximum absolute atomic E-state index is 5.92. The Morgan fingerprint density at radius 3 is 3.07 bits per heavy atom. The number of thiazole rings is 1. The van der Waals surface area contributed by atoms with Crippen molar-refractivity contribution in [3.05, 3.63) is 34.9 Å². The second kappa shape index (κ2) is 4.51. The summed E-state index contributed by atoms with van der Waals surface area (Å²) in [5, 5.41) is 3.03. The van der Waals surface area contributed by atoms with Crippen molar-refractivity contribution in [3.63, 3.8) is 0 Å². The van der Waals surface area contributed by atoms with Gasteiger partial charge in [0.1, 0.15) is 5.01 Å². The van der Waals surface area contributed by atoms with Crippen molar-refractivity contribution in [2.75, 3.05) is 0 Å². The van der Waals surface area contributed by atoms with E-state index in [9.17, 15) is 0 Å².